The first kappa shape index (κ1) is 15.3. The predicted octanol–water partition coefficient (Wildman–Crippen LogP) is -0.0390. The Bertz CT molecular complexity index is 677. The van der Waals surface area contributed by atoms with E-state index in [1.807, 2.05) is 17.9 Å². The maximum absolute atomic E-state index is 12.1. The van der Waals surface area contributed by atoms with Crippen molar-refractivity contribution in [2.24, 2.45) is 14.1 Å². The first-order valence-corrected chi connectivity index (χ1v) is 7.07. The fourth-order valence-electron chi connectivity index (χ4n) is 2.70. The van der Waals surface area contributed by atoms with Crippen LogP contribution in [0, 0.1) is 11.3 Å². The lowest BCUT2D eigenvalue weighted by atomic mass is 10.2. The molecule has 0 radical (unpaired) electrons. The minimum Gasteiger partial charge on any atom is -0.376 e. The molecule has 1 unspecified atom stereocenters. The molecule has 1 saturated heterocycles. The molecule has 21 heavy (non-hydrogen) atoms. The Morgan fingerprint density at radius 1 is 1.38 bits per heavy atom. The van der Waals surface area contributed by atoms with Gasteiger partial charge in [-0.3, -0.25) is 13.9 Å². The maximum atomic E-state index is 12.1. The van der Waals surface area contributed by atoms with Gasteiger partial charge in [0.25, 0.3) is 5.56 Å². The van der Waals surface area contributed by atoms with Gasteiger partial charge < -0.3 is 9.64 Å². The Hall–Kier alpha value is -2.07. The number of hydrogen-bond acceptors (Lipinski definition) is 5. The van der Waals surface area contributed by atoms with Gasteiger partial charge in [0, 0.05) is 33.8 Å². The third-order valence-electron chi connectivity index (χ3n) is 3.87. The molecule has 114 valence electrons. The molecule has 0 spiro atoms. The van der Waals surface area contributed by atoms with E-state index in [1.165, 1.54) is 11.6 Å². The van der Waals surface area contributed by atoms with Gasteiger partial charge in [0.1, 0.15) is 11.9 Å². The zero-order chi connectivity index (χ0) is 15.6. The molecule has 7 nitrogen and oxygen atoms in total. The first-order chi connectivity index (χ1) is 10.0. The van der Waals surface area contributed by atoms with Crippen molar-refractivity contribution in [1.29, 1.82) is 5.26 Å². The van der Waals surface area contributed by atoms with Crippen molar-refractivity contribution in [3.8, 4) is 6.07 Å². The molecule has 1 aromatic rings. The first-order valence-electron chi connectivity index (χ1n) is 7.07. The van der Waals surface area contributed by atoms with Crippen molar-refractivity contribution in [1.82, 2.24) is 9.13 Å². The standard InChI is InChI=1S/C14H20N4O3/c1-4-18(9-10-6-5-7-21-10)12-11(8-15)13(19)17(3)14(20)16(12)2/h10H,4-7,9H2,1-3H3. The third kappa shape index (κ3) is 2.72. The summed E-state index contributed by atoms with van der Waals surface area (Å²) in [6.45, 7) is 3.83. The largest absolute Gasteiger partial charge is 0.376 e. The molecule has 0 bridgehead atoms. The number of aromatic nitrogens is 2. The minimum atomic E-state index is -0.554. The Morgan fingerprint density at radius 2 is 2.10 bits per heavy atom. The van der Waals surface area contributed by atoms with Crippen LogP contribution in [0.1, 0.15) is 25.3 Å². The highest BCUT2D eigenvalue weighted by atomic mass is 16.5. The van der Waals surface area contributed by atoms with Crippen molar-refractivity contribution in [3.05, 3.63) is 26.4 Å². The van der Waals surface area contributed by atoms with Gasteiger partial charge in [0.15, 0.2) is 5.56 Å². The molecule has 0 aromatic carbocycles. The summed E-state index contributed by atoms with van der Waals surface area (Å²) in [7, 11) is 2.96. The van der Waals surface area contributed by atoms with Crippen molar-refractivity contribution in [2.75, 3.05) is 24.6 Å². The number of rotatable bonds is 4. The lowest BCUT2D eigenvalue weighted by Gasteiger charge is -2.28. The van der Waals surface area contributed by atoms with Crippen molar-refractivity contribution >= 4 is 5.82 Å². The maximum Gasteiger partial charge on any atom is 0.332 e. The van der Waals surface area contributed by atoms with Gasteiger partial charge in [-0.15, -0.1) is 0 Å². The van der Waals surface area contributed by atoms with Gasteiger partial charge in [-0.1, -0.05) is 0 Å². The Balaban J connectivity index is 2.52. The highest BCUT2D eigenvalue weighted by Gasteiger charge is 2.24. The molecule has 1 aliphatic rings. The molecule has 2 heterocycles. The van der Waals surface area contributed by atoms with E-state index in [0.29, 0.717) is 18.9 Å². The third-order valence-corrected chi connectivity index (χ3v) is 3.87. The lowest BCUT2D eigenvalue weighted by Crippen LogP contribution is -2.44. The fraction of sp³-hybridized carbons (Fsp3) is 0.643. The lowest BCUT2D eigenvalue weighted by molar-refractivity contribution is 0.115. The van der Waals surface area contributed by atoms with Crippen LogP contribution in [0.4, 0.5) is 5.82 Å². The summed E-state index contributed by atoms with van der Waals surface area (Å²) < 4.78 is 7.93. The molecule has 0 N–H and O–H groups in total. The van der Waals surface area contributed by atoms with Crippen molar-refractivity contribution < 1.29 is 4.74 Å². The number of ether oxygens (including phenoxy) is 1. The van der Waals surface area contributed by atoms with Crippen LogP contribution < -0.4 is 16.1 Å². The topological polar surface area (TPSA) is 80.3 Å². The summed E-state index contributed by atoms with van der Waals surface area (Å²) in [5, 5.41) is 9.31. The zero-order valence-corrected chi connectivity index (χ0v) is 12.6. The van der Waals surface area contributed by atoms with E-state index in [4.69, 9.17) is 4.74 Å². The van der Waals surface area contributed by atoms with Gasteiger partial charge in [0.05, 0.1) is 6.10 Å². The molecule has 0 amide bonds. The summed E-state index contributed by atoms with van der Waals surface area (Å²) in [5.41, 5.74) is -0.986. The second-order valence-corrected chi connectivity index (χ2v) is 5.19. The summed E-state index contributed by atoms with van der Waals surface area (Å²) >= 11 is 0. The average Bonchev–Trinajstić information content (AvgIpc) is 2.99. The second kappa shape index (κ2) is 6.14. The fourth-order valence-corrected chi connectivity index (χ4v) is 2.70. The monoisotopic (exact) mass is 292 g/mol. The Labute approximate surface area is 123 Å². The highest BCUT2D eigenvalue weighted by molar-refractivity contribution is 5.53. The number of hydrogen-bond donors (Lipinski definition) is 0. The smallest absolute Gasteiger partial charge is 0.332 e. The minimum absolute atomic E-state index is 0.000512. The average molecular weight is 292 g/mol. The van der Waals surface area contributed by atoms with Crippen LogP contribution in [0.3, 0.4) is 0 Å². The van der Waals surface area contributed by atoms with Crippen LogP contribution >= 0.6 is 0 Å². The zero-order valence-electron chi connectivity index (χ0n) is 12.6. The van der Waals surface area contributed by atoms with Crippen LogP contribution in [0.25, 0.3) is 0 Å². The molecule has 1 aliphatic heterocycles. The van der Waals surface area contributed by atoms with Crippen LogP contribution in [-0.4, -0.2) is 34.9 Å². The summed E-state index contributed by atoms with van der Waals surface area (Å²) in [6.07, 6.45) is 2.05. The number of anilines is 1. The molecule has 0 aliphatic carbocycles. The van der Waals surface area contributed by atoms with E-state index >= 15 is 0 Å². The van der Waals surface area contributed by atoms with Crippen molar-refractivity contribution in [2.45, 2.75) is 25.9 Å². The summed E-state index contributed by atoms with van der Waals surface area (Å²) in [4.78, 5) is 26.1. The van der Waals surface area contributed by atoms with Crippen LogP contribution in [-0.2, 0) is 18.8 Å². The van der Waals surface area contributed by atoms with Crippen LogP contribution in [0.2, 0.25) is 0 Å². The molecular weight excluding hydrogens is 272 g/mol. The van der Waals surface area contributed by atoms with Gasteiger partial charge in [0.2, 0.25) is 0 Å². The Morgan fingerprint density at radius 3 is 2.62 bits per heavy atom. The van der Waals surface area contributed by atoms with E-state index < -0.39 is 11.2 Å². The van der Waals surface area contributed by atoms with E-state index in [-0.39, 0.29) is 11.7 Å². The SMILES string of the molecule is CCN(CC1CCCO1)c1c(C#N)c(=O)n(C)c(=O)n1C. The van der Waals surface area contributed by atoms with E-state index in [9.17, 15) is 14.9 Å². The predicted molar refractivity (Wildman–Crippen MR) is 78.5 cm³/mol. The number of nitriles is 1. The second-order valence-electron chi connectivity index (χ2n) is 5.19. The molecule has 2 rings (SSSR count). The van der Waals surface area contributed by atoms with Gasteiger partial charge in [-0.05, 0) is 19.8 Å². The Kier molecular flexibility index (Phi) is 4.48. The molecule has 1 atom stereocenters. The molecule has 1 aromatic heterocycles. The van der Waals surface area contributed by atoms with Gasteiger partial charge in [-0.2, -0.15) is 5.26 Å². The van der Waals surface area contributed by atoms with E-state index in [1.54, 1.807) is 7.05 Å². The molecular formula is C14H20N4O3. The quantitative estimate of drug-likeness (QED) is 0.778. The van der Waals surface area contributed by atoms with Crippen LogP contribution in [0.5, 0.6) is 0 Å². The normalized spacial score (nSPS) is 17.7. The summed E-state index contributed by atoms with van der Waals surface area (Å²) in [5.74, 6) is 0.378. The van der Waals surface area contributed by atoms with Crippen LogP contribution in [0.15, 0.2) is 9.59 Å². The van der Waals surface area contributed by atoms with E-state index in [2.05, 4.69) is 0 Å². The highest BCUT2D eigenvalue weighted by Crippen LogP contribution is 2.19. The van der Waals surface area contributed by atoms with Gasteiger partial charge in [-0.25, -0.2) is 4.79 Å². The number of nitrogens with zero attached hydrogens (tertiary/aromatic N) is 4. The summed E-state index contributed by atoms with van der Waals surface area (Å²) in [6, 6.07) is 1.94. The number of likely N-dealkylation sites (N-methyl/N-ethyl adjacent to an activating group) is 1. The van der Waals surface area contributed by atoms with Crippen molar-refractivity contribution in [3.63, 3.8) is 0 Å². The molecule has 7 heteroatoms. The van der Waals surface area contributed by atoms with Gasteiger partial charge >= 0.3 is 5.69 Å². The van der Waals surface area contributed by atoms with E-state index in [0.717, 1.165) is 24.0 Å². The molecule has 1 fully saturated rings. The molecule has 0 saturated carbocycles.